The zero-order valence-electron chi connectivity index (χ0n) is 15.9. The predicted molar refractivity (Wildman–Crippen MR) is 104 cm³/mol. The summed E-state index contributed by atoms with van der Waals surface area (Å²) < 4.78 is 10.8. The monoisotopic (exact) mass is 356 g/mol. The van der Waals surface area contributed by atoms with E-state index in [1.165, 1.54) is 0 Å². The van der Waals surface area contributed by atoms with Gasteiger partial charge < -0.3 is 20.1 Å². The number of methoxy groups -OCH3 is 1. The van der Waals surface area contributed by atoms with E-state index in [0.717, 1.165) is 29.0 Å². The Hall–Kier alpha value is -2.69. The Morgan fingerprint density at radius 2 is 1.62 bits per heavy atom. The van der Waals surface area contributed by atoms with Gasteiger partial charge in [0.05, 0.1) is 19.3 Å². The van der Waals surface area contributed by atoms with Crippen LogP contribution in [0.3, 0.4) is 0 Å². The molecule has 26 heavy (non-hydrogen) atoms. The first-order valence-corrected chi connectivity index (χ1v) is 8.95. The first-order chi connectivity index (χ1) is 12.5. The number of carbonyl (C=O) groups is 1. The molecule has 5 nitrogen and oxygen atoms in total. The van der Waals surface area contributed by atoms with Gasteiger partial charge in [-0.25, -0.2) is 4.79 Å². The maximum absolute atomic E-state index is 12.2. The lowest BCUT2D eigenvalue weighted by atomic mass is 10.0. The minimum atomic E-state index is -0.185. The first kappa shape index (κ1) is 19.6. The van der Waals surface area contributed by atoms with E-state index >= 15 is 0 Å². The van der Waals surface area contributed by atoms with Crippen molar-refractivity contribution in [2.24, 2.45) is 0 Å². The van der Waals surface area contributed by atoms with E-state index in [1.54, 1.807) is 7.11 Å². The largest absolute Gasteiger partial charge is 0.497 e. The van der Waals surface area contributed by atoms with E-state index in [-0.39, 0.29) is 18.2 Å². The van der Waals surface area contributed by atoms with Gasteiger partial charge in [0.2, 0.25) is 0 Å². The maximum atomic E-state index is 12.2. The fraction of sp³-hybridized carbons (Fsp3) is 0.381. The third-order valence-corrected chi connectivity index (χ3v) is 3.98. The highest BCUT2D eigenvalue weighted by atomic mass is 16.5. The van der Waals surface area contributed by atoms with Crippen LogP contribution >= 0.6 is 0 Å². The topological polar surface area (TPSA) is 59.6 Å². The number of ether oxygens (including phenoxy) is 2. The average molecular weight is 356 g/mol. The van der Waals surface area contributed by atoms with Gasteiger partial charge in [-0.05, 0) is 55.7 Å². The van der Waals surface area contributed by atoms with Crippen molar-refractivity contribution < 1.29 is 14.3 Å². The molecule has 0 saturated heterocycles. The van der Waals surface area contributed by atoms with Crippen molar-refractivity contribution in [3.63, 3.8) is 0 Å². The van der Waals surface area contributed by atoms with E-state index in [9.17, 15) is 4.79 Å². The molecule has 1 unspecified atom stereocenters. The van der Waals surface area contributed by atoms with E-state index in [4.69, 9.17) is 9.47 Å². The number of amides is 2. The number of hydrogen-bond donors (Lipinski definition) is 2. The molecular weight excluding hydrogens is 328 g/mol. The Morgan fingerprint density at radius 1 is 1.00 bits per heavy atom. The SMILES string of the molecule is CCC(NC(=O)NCc1ccc(OC(C)C)cc1)c1ccc(OC)cc1. The molecule has 0 heterocycles. The molecule has 2 amide bonds. The number of benzene rings is 2. The van der Waals surface area contributed by atoms with Crippen molar-refractivity contribution in [1.29, 1.82) is 0 Å². The highest BCUT2D eigenvalue weighted by Gasteiger charge is 2.12. The van der Waals surface area contributed by atoms with Gasteiger partial charge in [-0.1, -0.05) is 31.2 Å². The first-order valence-electron chi connectivity index (χ1n) is 8.95. The molecule has 2 aromatic rings. The van der Waals surface area contributed by atoms with Gasteiger partial charge in [0.15, 0.2) is 0 Å². The predicted octanol–water partition coefficient (Wildman–Crippen LogP) is 4.43. The summed E-state index contributed by atoms with van der Waals surface area (Å²) in [5.41, 5.74) is 2.08. The van der Waals surface area contributed by atoms with Crippen LogP contribution in [0.1, 0.15) is 44.4 Å². The molecule has 0 aliphatic carbocycles. The van der Waals surface area contributed by atoms with Crippen LogP contribution in [-0.4, -0.2) is 19.2 Å². The molecule has 0 spiro atoms. The summed E-state index contributed by atoms with van der Waals surface area (Å²) in [7, 11) is 1.64. The summed E-state index contributed by atoms with van der Waals surface area (Å²) >= 11 is 0. The zero-order chi connectivity index (χ0) is 18.9. The van der Waals surface area contributed by atoms with Crippen molar-refractivity contribution in [3.8, 4) is 11.5 Å². The summed E-state index contributed by atoms with van der Waals surface area (Å²) in [5.74, 6) is 1.64. The van der Waals surface area contributed by atoms with Crippen LogP contribution < -0.4 is 20.1 Å². The molecule has 1 atom stereocenters. The lowest BCUT2D eigenvalue weighted by Crippen LogP contribution is -2.37. The summed E-state index contributed by atoms with van der Waals surface area (Å²) in [4.78, 5) is 12.2. The number of rotatable bonds is 8. The molecule has 0 saturated carbocycles. The van der Waals surface area contributed by atoms with Gasteiger partial charge in [-0.15, -0.1) is 0 Å². The third-order valence-electron chi connectivity index (χ3n) is 3.98. The quantitative estimate of drug-likeness (QED) is 0.735. The molecule has 0 aliphatic heterocycles. The van der Waals surface area contributed by atoms with E-state index in [1.807, 2.05) is 69.3 Å². The maximum Gasteiger partial charge on any atom is 0.315 e. The van der Waals surface area contributed by atoms with Gasteiger partial charge in [-0.2, -0.15) is 0 Å². The summed E-state index contributed by atoms with van der Waals surface area (Å²) in [5, 5.41) is 5.91. The number of nitrogens with one attached hydrogen (secondary N) is 2. The number of carbonyl (C=O) groups excluding carboxylic acids is 1. The fourth-order valence-electron chi connectivity index (χ4n) is 2.61. The molecule has 140 valence electrons. The zero-order valence-corrected chi connectivity index (χ0v) is 15.9. The Balaban J connectivity index is 1.86. The van der Waals surface area contributed by atoms with Crippen LogP contribution in [0.2, 0.25) is 0 Å². The Morgan fingerprint density at radius 3 is 2.15 bits per heavy atom. The molecule has 0 aliphatic rings. The third kappa shape index (κ3) is 5.99. The highest BCUT2D eigenvalue weighted by molar-refractivity contribution is 5.74. The van der Waals surface area contributed by atoms with Gasteiger partial charge in [0.1, 0.15) is 11.5 Å². The van der Waals surface area contributed by atoms with Crippen molar-refractivity contribution in [2.75, 3.05) is 7.11 Å². The van der Waals surface area contributed by atoms with Gasteiger partial charge >= 0.3 is 6.03 Å². The second-order valence-corrected chi connectivity index (χ2v) is 6.37. The molecule has 5 heteroatoms. The second-order valence-electron chi connectivity index (χ2n) is 6.37. The van der Waals surface area contributed by atoms with Crippen LogP contribution in [0.15, 0.2) is 48.5 Å². The Labute approximate surface area is 155 Å². The van der Waals surface area contributed by atoms with Crippen molar-refractivity contribution >= 4 is 6.03 Å². The van der Waals surface area contributed by atoms with Crippen LogP contribution in [0.5, 0.6) is 11.5 Å². The van der Waals surface area contributed by atoms with Crippen molar-refractivity contribution in [3.05, 3.63) is 59.7 Å². The Bertz CT molecular complexity index is 681. The minimum absolute atomic E-state index is 0.0391. The molecular formula is C21H28N2O3. The smallest absolute Gasteiger partial charge is 0.315 e. The van der Waals surface area contributed by atoms with Gasteiger partial charge in [0.25, 0.3) is 0 Å². The van der Waals surface area contributed by atoms with E-state index < -0.39 is 0 Å². The van der Waals surface area contributed by atoms with Gasteiger partial charge in [0, 0.05) is 6.54 Å². The molecule has 0 radical (unpaired) electrons. The Kier molecular flexibility index (Phi) is 7.33. The molecule has 2 aromatic carbocycles. The van der Waals surface area contributed by atoms with E-state index in [2.05, 4.69) is 10.6 Å². The van der Waals surface area contributed by atoms with Crippen LogP contribution in [0.25, 0.3) is 0 Å². The van der Waals surface area contributed by atoms with Crippen LogP contribution in [0.4, 0.5) is 4.79 Å². The fourth-order valence-corrected chi connectivity index (χ4v) is 2.61. The molecule has 0 bridgehead atoms. The summed E-state index contributed by atoms with van der Waals surface area (Å²) in [6.45, 7) is 6.50. The van der Waals surface area contributed by atoms with Crippen molar-refractivity contribution in [2.45, 2.75) is 45.9 Å². The molecule has 2 rings (SSSR count). The molecule has 0 fully saturated rings. The minimum Gasteiger partial charge on any atom is -0.497 e. The highest BCUT2D eigenvalue weighted by Crippen LogP contribution is 2.20. The van der Waals surface area contributed by atoms with Crippen LogP contribution in [0, 0.1) is 0 Å². The lowest BCUT2D eigenvalue weighted by Gasteiger charge is -2.18. The number of urea groups is 1. The number of hydrogen-bond acceptors (Lipinski definition) is 3. The van der Waals surface area contributed by atoms with Gasteiger partial charge in [-0.3, -0.25) is 0 Å². The summed E-state index contributed by atoms with van der Waals surface area (Å²) in [6, 6.07) is 15.3. The van der Waals surface area contributed by atoms with Crippen LogP contribution in [-0.2, 0) is 6.54 Å². The normalized spacial score (nSPS) is 11.7. The van der Waals surface area contributed by atoms with E-state index in [0.29, 0.717) is 6.54 Å². The van der Waals surface area contributed by atoms with Crippen molar-refractivity contribution in [1.82, 2.24) is 10.6 Å². The molecule has 2 N–H and O–H groups in total. The molecule has 0 aromatic heterocycles. The second kappa shape index (κ2) is 9.70. The lowest BCUT2D eigenvalue weighted by molar-refractivity contribution is 0.236. The average Bonchev–Trinajstić information content (AvgIpc) is 2.65. The summed E-state index contributed by atoms with van der Waals surface area (Å²) in [6.07, 6.45) is 0.953. The standard InChI is InChI=1S/C21H28N2O3/c1-5-20(17-8-12-18(25-4)13-9-17)23-21(24)22-14-16-6-10-19(11-7-16)26-15(2)3/h6-13,15,20H,5,14H2,1-4H3,(H2,22,23,24).